The average molecular weight is 311 g/mol. The molecule has 1 aromatic heterocycles. The number of hydrogen-bond donors (Lipinski definition) is 0. The molecule has 5 nitrogen and oxygen atoms in total. The summed E-state index contributed by atoms with van der Waals surface area (Å²) in [4.78, 5) is 11.4. The quantitative estimate of drug-likeness (QED) is 0.869. The Labute approximate surface area is 136 Å². The van der Waals surface area contributed by atoms with Crippen molar-refractivity contribution < 1.29 is 9.47 Å². The third kappa shape index (κ3) is 3.09. The molecule has 2 aliphatic heterocycles. The monoisotopic (exact) mass is 311 g/mol. The molecule has 4 rings (SSSR count). The number of nitrogens with zero attached hydrogens (tertiary/aromatic N) is 3. The number of benzene rings is 1. The third-order valence-corrected chi connectivity index (χ3v) is 4.43. The predicted molar refractivity (Wildman–Crippen MR) is 88.2 cm³/mol. The Morgan fingerprint density at radius 1 is 1.04 bits per heavy atom. The van der Waals surface area contributed by atoms with E-state index in [0.717, 1.165) is 48.9 Å². The zero-order valence-electron chi connectivity index (χ0n) is 13.1. The molecule has 0 spiro atoms. The highest BCUT2D eigenvalue weighted by atomic mass is 16.6. The van der Waals surface area contributed by atoms with Crippen LogP contribution < -0.4 is 14.4 Å². The van der Waals surface area contributed by atoms with E-state index in [1.807, 2.05) is 24.3 Å². The minimum atomic E-state index is 0.0679. The normalized spacial score (nSPS) is 19.8. The molecule has 0 radical (unpaired) electrons. The fraction of sp³-hybridized carbons (Fsp3) is 0.444. The van der Waals surface area contributed by atoms with Gasteiger partial charge in [0.25, 0.3) is 0 Å². The Morgan fingerprint density at radius 2 is 1.83 bits per heavy atom. The first-order chi connectivity index (χ1) is 11.4. The lowest BCUT2D eigenvalue weighted by Gasteiger charge is -2.26. The third-order valence-electron chi connectivity index (χ3n) is 4.43. The molecule has 1 fully saturated rings. The van der Waals surface area contributed by atoms with Gasteiger partial charge in [0.2, 0.25) is 0 Å². The van der Waals surface area contributed by atoms with E-state index in [1.165, 1.54) is 12.8 Å². The summed E-state index contributed by atoms with van der Waals surface area (Å²) in [6, 6.07) is 7.84. The molecule has 0 N–H and O–H groups in total. The molecule has 0 aliphatic carbocycles. The van der Waals surface area contributed by atoms with Crippen LogP contribution in [0.3, 0.4) is 0 Å². The standard InChI is InChI=1S/C18H21N3O2/c1-2-6-17-16(5-1)22-13-14(23-17)7-8-15-18(20-10-9-19-15)21-11-3-4-12-21/h1-2,5-6,9-10,14H,3-4,7-8,11-13H2/t14-/m1/s1. The predicted octanol–water partition coefficient (Wildman–Crippen LogP) is 2.85. The fourth-order valence-electron chi connectivity index (χ4n) is 3.23. The molecule has 5 heteroatoms. The SMILES string of the molecule is c1ccc2c(c1)OC[C@@H](CCc1nccnc1N1CCCC1)O2. The molecule has 0 unspecified atom stereocenters. The van der Waals surface area contributed by atoms with Crippen LogP contribution in [0.5, 0.6) is 11.5 Å². The maximum atomic E-state index is 6.03. The number of anilines is 1. The molecule has 1 aromatic carbocycles. The molecule has 3 heterocycles. The van der Waals surface area contributed by atoms with Crippen LogP contribution in [0.2, 0.25) is 0 Å². The molecular formula is C18H21N3O2. The van der Waals surface area contributed by atoms with Crippen LogP contribution in [0, 0.1) is 0 Å². The van der Waals surface area contributed by atoms with E-state index in [-0.39, 0.29) is 6.10 Å². The first kappa shape index (κ1) is 14.3. The summed E-state index contributed by atoms with van der Waals surface area (Å²) in [5.41, 5.74) is 1.07. The molecule has 23 heavy (non-hydrogen) atoms. The molecule has 2 aromatic rings. The van der Waals surface area contributed by atoms with Gasteiger partial charge in [0, 0.05) is 25.5 Å². The van der Waals surface area contributed by atoms with Gasteiger partial charge in [0.15, 0.2) is 11.5 Å². The number of para-hydroxylation sites is 2. The van der Waals surface area contributed by atoms with Crippen LogP contribution >= 0.6 is 0 Å². The molecule has 120 valence electrons. The van der Waals surface area contributed by atoms with Gasteiger partial charge < -0.3 is 14.4 Å². The summed E-state index contributed by atoms with van der Waals surface area (Å²) in [6.07, 6.45) is 7.86. The van der Waals surface area contributed by atoms with Crippen molar-refractivity contribution in [2.75, 3.05) is 24.6 Å². The van der Waals surface area contributed by atoms with Gasteiger partial charge in [-0.2, -0.15) is 0 Å². The average Bonchev–Trinajstić information content (AvgIpc) is 3.14. The second-order valence-electron chi connectivity index (χ2n) is 6.06. The van der Waals surface area contributed by atoms with E-state index in [0.29, 0.717) is 6.61 Å². The number of ether oxygens (including phenoxy) is 2. The zero-order chi connectivity index (χ0) is 15.5. The van der Waals surface area contributed by atoms with Crippen LogP contribution in [0.1, 0.15) is 25.0 Å². The van der Waals surface area contributed by atoms with Gasteiger partial charge in [-0.3, -0.25) is 4.98 Å². The van der Waals surface area contributed by atoms with Crippen LogP contribution in [0.4, 0.5) is 5.82 Å². The highest BCUT2D eigenvalue weighted by Gasteiger charge is 2.22. The number of fused-ring (bicyclic) bond motifs is 1. The molecular weight excluding hydrogens is 290 g/mol. The van der Waals surface area contributed by atoms with Gasteiger partial charge in [-0.05, 0) is 37.8 Å². The van der Waals surface area contributed by atoms with E-state index in [4.69, 9.17) is 9.47 Å². The minimum absolute atomic E-state index is 0.0679. The maximum Gasteiger partial charge on any atom is 0.161 e. The Bertz CT molecular complexity index is 671. The molecule has 0 bridgehead atoms. The Hall–Kier alpha value is -2.30. The van der Waals surface area contributed by atoms with Crippen molar-refractivity contribution in [2.24, 2.45) is 0 Å². The van der Waals surface area contributed by atoms with Crippen LogP contribution in [0.15, 0.2) is 36.7 Å². The van der Waals surface area contributed by atoms with E-state index in [9.17, 15) is 0 Å². The first-order valence-corrected chi connectivity index (χ1v) is 8.33. The molecule has 2 aliphatic rings. The Kier molecular flexibility index (Phi) is 4.01. The minimum Gasteiger partial charge on any atom is -0.486 e. The number of rotatable bonds is 4. The van der Waals surface area contributed by atoms with Crippen LogP contribution in [-0.2, 0) is 6.42 Å². The van der Waals surface area contributed by atoms with Gasteiger partial charge in [-0.1, -0.05) is 12.1 Å². The van der Waals surface area contributed by atoms with E-state index in [2.05, 4.69) is 14.9 Å². The highest BCUT2D eigenvalue weighted by molar-refractivity contribution is 5.44. The van der Waals surface area contributed by atoms with E-state index >= 15 is 0 Å². The number of aryl methyl sites for hydroxylation is 1. The fourth-order valence-corrected chi connectivity index (χ4v) is 3.23. The smallest absolute Gasteiger partial charge is 0.161 e. The lowest BCUT2D eigenvalue weighted by atomic mass is 10.1. The Morgan fingerprint density at radius 3 is 2.70 bits per heavy atom. The second kappa shape index (κ2) is 6.44. The highest BCUT2D eigenvalue weighted by Crippen LogP contribution is 2.32. The van der Waals surface area contributed by atoms with Gasteiger partial charge in [-0.25, -0.2) is 4.98 Å². The van der Waals surface area contributed by atoms with Gasteiger partial charge in [0.05, 0.1) is 5.69 Å². The van der Waals surface area contributed by atoms with Gasteiger partial charge in [-0.15, -0.1) is 0 Å². The van der Waals surface area contributed by atoms with Crippen molar-refractivity contribution >= 4 is 5.82 Å². The first-order valence-electron chi connectivity index (χ1n) is 8.33. The van der Waals surface area contributed by atoms with Crippen molar-refractivity contribution in [3.63, 3.8) is 0 Å². The summed E-state index contributed by atoms with van der Waals surface area (Å²) in [7, 11) is 0. The summed E-state index contributed by atoms with van der Waals surface area (Å²) < 4.78 is 11.8. The van der Waals surface area contributed by atoms with Crippen molar-refractivity contribution in [1.29, 1.82) is 0 Å². The van der Waals surface area contributed by atoms with Crippen molar-refractivity contribution in [3.8, 4) is 11.5 Å². The van der Waals surface area contributed by atoms with E-state index in [1.54, 1.807) is 12.4 Å². The molecule has 1 saturated heterocycles. The van der Waals surface area contributed by atoms with Crippen LogP contribution in [-0.4, -0.2) is 35.8 Å². The summed E-state index contributed by atoms with van der Waals surface area (Å²) in [5.74, 6) is 2.71. The number of hydrogen-bond acceptors (Lipinski definition) is 5. The van der Waals surface area contributed by atoms with Crippen molar-refractivity contribution in [2.45, 2.75) is 31.8 Å². The maximum absolute atomic E-state index is 6.03. The van der Waals surface area contributed by atoms with E-state index < -0.39 is 0 Å². The Balaban J connectivity index is 1.42. The largest absolute Gasteiger partial charge is 0.486 e. The molecule has 1 atom stereocenters. The zero-order valence-corrected chi connectivity index (χ0v) is 13.1. The molecule has 0 saturated carbocycles. The summed E-state index contributed by atoms with van der Waals surface area (Å²) >= 11 is 0. The lowest BCUT2D eigenvalue weighted by Crippen LogP contribution is -2.30. The topological polar surface area (TPSA) is 47.5 Å². The van der Waals surface area contributed by atoms with Gasteiger partial charge >= 0.3 is 0 Å². The lowest BCUT2D eigenvalue weighted by molar-refractivity contribution is 0.0849. The molecule has 0 amide bonds. The summed E-state index contributed by atoms with van der Waals surface area (Å²) in [5, 5.41) is 0. The number of aromatic nitrogens is 2. The van der Waals surface area contributed by atoms with Crippen molar-refractivity contribution in [3.05, 3.63) is 42.4 Å². The van der Waals surface area contributed by atoms with Crippen molar-refractivity contribution in [1.82, 2.24) is 9.97 Å². The van der Waals surface area contributed by atoms with Crippen LogP contribution in [0.25, 0.3) is 0 Å². The second-order valence-corrected chi connectivity index (χ2v) is 6.06. The summed E-state index contributed by atoms with van der Waals surface area (Å²) in [6.45, 7) is 2.76. The van der Waals surface area contributed by atoms with Gasteiger partial charge in [0.1, 0.15) is 18.5 Å².